The van der Waals surface area contributed by atoms with Gasteiger partial charge in [-0.15, -0.1) is 5.10 Å². The van der Waals surface area contributed by atoms with Crippen molar-refractivity contribution >= 4 is 35.5 Å². The molecule has 2 aliphatic rings. The van der Waals surface area contributed by atoms with Crippen LogP contribution < -0.4 is 9.46 Å². The van der Waals surface area contributed by atoms with E-state index in [1.807, 2.05) is 43.9 Å². The predicted molar refractivity (Wildman–Crippen MR) is 184 cm³/mol. The molecule has 2 amide bonds. The lowest BCUT2D eigenvalue weighted by molar-refractivity contribution is -0.190. The molecule has 0 radical (unpaired) electrons. The van der Waals surface area contributed by atoms with Gasteiger partial charge >= 0.3 is 12.3 Å². The molecule has 50 heavy (non-hydrogen) atoms. The molecule has 3 aromatic heterocycles. The van der Waals surface area contributed by atoms with Gasteiger partial charge in [0.2, 0.25) is 5.88 Å². The van der Waals surface area contributed by atoms with Crippen molar-refractivity contribution in [3.05, 3.63) is 59.0 Å². The first-order valence-electron chi connectivity index (χ1n) is 16.8. The van der Waals surface area contributed by atoms with Gasteiger partial charge in [-0.25, -0.2) is 19.4 Å². The van der Waals surface area contributed by atoms with Crippen molar-refractivity contribution in [2.75, 3.05) is 13.2 Å². The summed E-state index contributed by atoms with van der Waals surface area (Å²) < 4.78 is 54.7. The highest BCUT2D eigenvalue weighted by molar-refractivity contribution is 7.97. The molecule has 1 atom stereocenters. The van der Waals surface area contributed by atoms with Crippen molar-refractivity contribution in [1.82, 2.24) is 29.4 Å². The topological polar surface area (TPSA) is 111 Å². The third-order valence-corrected chi connectivity index (χ3v) is 10.1. The number of alkyl halides is 3. The van der Waals surface area contributed by atoms with E-state index in [1.165, 1.54) is 16.8 Å². The summed E-state index contributed by atoms with van der Waals surface area (Å²) in [7, 11) is 0. The molecule has 1 saturated heterocycles. The van der Waals surface area contributed by atoms with Crippen LogP contribution in [0.1, 0.15) is 95.6 Å². The molecule has 272 valence electrons. The minimum absolute atomic E-state index is 0.0407. The van der Waals surface area contributed by atoms with Gasteiger partial charge in [-0.3, -0.25) is 9.52 Å². The summed E-state index contributed by atoms with van der Waals surface area (Å²) in [5, 5.41) is 4.81. The number of nitrogens with zero attached hydrogens (tertiary/aromatic N) is 5. The van der Waals surface area contributed by atoms with Crippen LogP contribution in [0.3, 0.4) is 0 Å². The van der Waals surface area contributed by atoms with Crippen LogP contribution in [0.4, 0.5) is 18.0 Å². The van der Waals surface area contributed by atoms with Crippen LogP contribution in [0.5, 0.6) is 5.88 Å². The van der Waals surface area contributed by atoms with E-state index < -0.39 is 23.1 Å². The normalized spacial score (nSPS) is 18.2. The van der Waals surface area contributed by atoms with Crippen molar-refractivity contribution in [2.24, 2.45) is 11.3 Å². The van der Waals surface area contributed by atoms with Crippen LogP contribution in [0.2, 0.25) is 5.15 Å². The van der Waals surface area contributed by atoms with Gasteiger partial charge in [-0.2, -0.15) is 13.2 Å². The summed E-state index contributed by atoms with van der Waals surface area (Å²) in [5.41, 5.74) is -1.32. The van der Waals surface area contributed by atoms with Gasteiger partial charge in [0.1, 0.15) is 15.8 Å². The van der Waals surface area contributed by atoms with Gasteiger partial charge in [0.25, 0.3) is 5.91 Å². The quantitative estimate of drug-likeness (QED) is 0.106. The number of rotatable bonds is 13. The van der Waals surface area contributed by atoms with Crippen LogP contribution in [0, 0.1) is 11.3 Å². The van der Waals surface area contributed by atoms with Crippen molar-refractivity contribution in [3.8, 4) is 11.7 Å². The third kappa shape index (κ3) is 9.62. The number of carbonyl (C=O) groups excluding carboxylic acids is 2. The summed E-state index contributed by atoms with van der Waals surface area (Å²) in [4.78, 5) is 36.5. The monoisotopic (exact) mass is 736 g/mol. The highest BCUT2D eigenvalue weighted by Crippen LogP contribution is 2.59. The van der Waals surface area contributed by atoms with Crippen LogP contribution in [-0.2, 0) is 11.2 Å². The van der Waals surface area contributed by atoms with E-state index in [0.29, 0.717) is 23.3 Å². The highest BCUT2D eigenvalue weighted by atomic mass is 35.5. The maximum Gasteiger partial charge on any atom is 0.410 e. The Morgan fingerprint density at radius 1 is 1.08 bits per heavy atom. The van der Waals surface area contributed by atoms with Crippen LogP contribution >= 0.6 is 23.5 Å². The molecule has 0 aromatic carbocycles. The minimum Gasteiger partial charge on any atom is -0.477 e. The van der Waals surface area contributed by atoms with Gasteiger partial charge in [0.05, 0.1) is 17.6 Å². The predicted octanol–water partition coefficient (Wildman–Crippen LogP) is 8.61. The molecule has 1 unspecified atom stereocenters. The summed E-state index contributed by atoms with van der Waals surface area (Å²) in [6.07, 6.45) is 1.91. The standard InChI is InChI=1S/C35H44ClF3N6O4S/c1-32(2,3)49-31(47)44-22-23(21-33(44,4)5)9-6-7-10-24-11-8-12-28(40-24)50-43-30(46)25-13-14-26(41-29(25)36)45-19-15-27(42-45)48-20-18-34(16-17-34)35(37,38)39/h8,11-15,19,23H,6-7,9-10,16-18,20-22H2,1-5H3,(H,43,46). The number of ether oxygens (including phenoxy) is 2. The van der Waals surface area contributed by atoms with Gasteiger partial charge in [0.15, 0.2) is 5.82 Å². The van der Waals surface area contributed by atoms with Gasteiger partial charge in [-0.05, 0) is 110 Å². The average Bonchev–Trinajstić information content (AvgIpc) is 3.57. The molecule has 3 aromatic rings. The Kier molecular flexibility index (Phi) is 11.3. The molecule has 0 spiro atoms. The molecule has 1 aliphatic carbocycles. The second-order valence-corrected chi connectivity index (χ2v) is 15.9. The van der Waals surface area contributed by atoms with Gasteiger partial charge < -0.3 is 14.4 Å². The lowest BCUT2D eigenvalue weighted by atomic mass is 9.92. The second-order valence-electron chi connectivity index (χ2n) is 14.7. The SMILES string of the molecule is CC(C)(C)OC(=O)N1CC(CCCCc2cccc(SNC(=O)c3ccc(-n4ccc(OCCC5(C(F)(F)F)CC5)n4)nc3Cl)n2)CC1(C)C. The number of unbranched alkanes of at least 4 members (excludes halogenated alkanes) is 1. The fourth-order valence-electron chi connectivity index (χ4n) is 6.18. The van der Waals surface area contributed by atoms with E-state index in [0.717, 1.165) is 49.7 Å². The number of aromatic nitrogens is 4. The number of carbonyl (C=O) groups is 2. The largest absolute Gasteiger partial charge is 0.477 e. The van der Waals surface area contributed by atoms with Crippen molar-refractivity contribution in [3.63, 3.8) is 0 Å². The molecule has 1 aliphatic heterocycles. The highest BCUT2D eigenvalue weighted by Gasteiger charge is 2.62. The minimum atomic E-state index is -4.23. The van der Waals surface area contributed by atoms with Crippen molar-refractivity contribution in [2.45, 2.75) is 108 Å². The second kappa shape index (κ2) is 15.0. The summed E-state index contributed by atoms with van der Waals surface area (Å²) in [5.74, 6) is 0.450. The van der Waals surface area contributed by atoms with Crippen LogP contribution in [-0.4, -0.2) is 67.1 Å². The van der Waals surface area contributed by atoms with Crippen molar-refractivity contribution in [1.29, 1.82) is 0 Å². The Morgan fingerprint density at radius 3 is 2.52 bits per heavy atom. The maximum absolute atomic E-state index is 13.1. The number of hydrogen-bond donors (Lipinski definition) is 1. The van der Waals surface area contributed by atoms with E-state index in [2.05, 4.69) is 33.6 Å². The van der Waals surface area contributed by atoms with Crippen molar-refractivity contribution < 1.29 is 32.2 Å². The van der Waals surface area contributed by atoms with Gasteiger partial charge in [-0.1, -0.05) is 24.1 Å². The molecule has 0 bridgehead atoms. The summed E-state index contributed by atoms with van der Waals surface area (Å²) in [6, 6.07) is 10.3. The number of nitrogens with one attached hydrogen (secondary N) is 1. The number of amides is 2. The smallest absolute Gasteiger partial charge is 0.410 e. The number of likely N-dealkylation sites (tertiary alicyclic amines) is 1. The Balaban J connectivity index is 1.05. The van der Waals surface area contributed by atoms with Crippen LogP contribution in [0.15, 0.2) is 47.6 Å². The maximum atomic E-state index is 13.1. The third-order valence-electron chi connectivity index (χ3n) is 9.06. The average molecular weight is 737 g/mol. The van der Waals surface area contributed by atoms with E-state index in [9.17, 15) is 22.8 Å². The first-order valence-corrected chi connectivity index (χ1v) is 18.0. The zero-order valence-corrected chi connectivity index (χ0v) is 30.6. The molecule has 5 rings (SSSR count). The fraction of sp³-hybridized carbons (Fsp3) is 0.571. The number of aryl methyl sites for hydroxylation is 1. The first kappa shape index (κ1) is 37.7. The van der Waals surface area contributed by atoms with E-state index in [-0.39, 0.29) is 54.1 Å². The molecule has 1 saturated carbocycles. The van der Waals surface area contributed by atoms with E-state index in [4.69, 9.17) is 21.1 Å². The zero-order valence-electron chi connectivity index (χ0n) is 29.0. The molecule has 2 fully saturated rings. The number of pyridine rings is 2. The Labute approximate surface area is 300 Å². The van der Waals surface area contributed by atoms with Gasteiger partial charge in [0, 0.05) is 42.0 Å². The Bertz CT molecular complexity index is 1670. The number of halogens is 4. The molecule has 15 heteroatoms. The van der Waals surface area contributed by atoms with E-state index >= 15 is 0 Å². The fourth-order valence-corrected chi connectivity index (χ4v) is 7.03. The zero-order chi connectivity index (χ0) is 36.3. The molecule has 4 heterocycles. The number of hydrogen-bond acceptors (Lipinski definition) is 8. The lowest BCUT2D eigenvalue weighted by Crippen LogP contribution is -2.45. The van der Waals surface area contributed by atoms with Crippen LogP contribution in [0.25, 0.3) is 5.82 Å². The summed E-state index contributed by atoms with van der Waals surface area (Å²) in [6.45, 7) is 10.4. The Morgan fingerprint density at radius 2 is 1.84 bits per heavy atom. The molecular weight excluding hydrogens is 693 g/mol. The lowest BCUT2D eigenvalue weighted by Gasteiger charge is -2.33. The Hall–Kier alpha value is -3.52. The molecular formula is C35H44ClF3N6O4S. The molecule has 10 nitrogen and oxygen atoms in total. The molecule has 1 N–H and O–H groups in total. The summed E-state index contributed by atoms with van der Waals surface area (Å²) >= 11 is 7.43. The first-order chi connectivity index (χ1) is 23.4. The van der Waals surface area contributed by atoms with E-state index in [1.54, 1.807) is 12.3 Å².